The summed E-state index contributed by atoms with van der Waals surface area (Å²) >= 11 is 6.07. The zero-order valence-corrected chi connectivity index (χ0v) is 11.4. The first kappa shape index (κ1) is 14.8. The lowest BCUT2D eigenvalue weighted by molar-refractivity contribution is 0.243. The maximum atomic E-state index is 11.6. The van der Waals surface area contributed by atoms with Gasteiger partial charge in [0.1, 0.15) is 0 Å². The van der Waals surface area contributed by atoms with Crippen molar-refractivity contribution in [2.45, 2.75) is 20.3 Å². The highest BCUT2D eigenvalue weighted by molar-refractivity contribution is 6.34. The van der Waals surface area contributed by atoms with E-state index in [0.29, 0.717) is 23.7 Å². The van der Waals surface area contributed by atoms with Gasteiger partial charge in [-0.25, -0.2) is 4.79 Å². The maximum absolute atomic E-state index is 11.6. The van der Waals surface area contributed by atoms with Gasteiger partial charge in [-0.05, 0) is 30.9 Å². The summed E-state index contributed by atoms with van der Waals surface area (Å²) in [5, 5.41) is 14.8. The van der Waals surface area contributed by atoms with Crippen molar-refractivity contribution in [1.82, 2.24) is 5.32 Å². The molecule has 1 unspecified atom stereocenters. The van der Waals surface area contributed by atoms with Gasteiger partial charge in [0.15, 0.2) is 0 Å². The van der Waals surface area contributed by atoms with Gasteiger partial charge in [0, 0.05) is 13.2 Å². The van der Waals surface area contributed by atoms with Crippen LogP contribution >= 0.6 is 11.6 Å². The molecule has 1 atom stereocenters. The van der Waals surface area contributed by atoms with Crippen LogP contribution in [0, 0.1) is 12.8 Å². The fourth-order valence-corrected chi connectivity index (χ4v) is 1.67. The lowest BCUT2D eigenvalue weighted by Crippen LogP contribution is -2.32. The molecule has 1 aromatic carbocycles. The van der Waals surface area contributed by atoms with Gasteiger partial charge >= 0.3 is 6.03 Å². The number of rotatable bonds is 5. The first-order valence-corrected chi connectivity index (χ1v) is 6.33. The molecule has 4 nitrogen and oxygen atoms in total. The van der Waals surface area contributed by atoms with Gasteiger partial charge in [0.2, 0.25) is 0 Å². The number of urea groups is 1. The first-order chi connectivity index (χ1) is 8.54. The molecule has 0 aliphatic rings. The zero-order valence-electron chi connectivity index (χ0n) is 10.7. The van der Waals surface area contributed by atoms with Crippen LogP contribution in [0.5, 0.6) is 0 Å². The molecule has 5 heteroatoms. The summed E-state index contributed by atoms with van der Waals surface area (Å²) in [6.45, 7) is 4.51. The molecule has 0 fully saturated rings. The van der Waals surface area contributed by atoms with Crippen LogP contribution < -0.4 is 10.6 Å². The number of anilines is 1. The summed E-state index contributed by atoms with van der Waals surface area (Å²) in [6, 6.07) is 5.19. The Labute approximate surface area is 112 Å². The monoisotopic (exact) mass is 270 g/mol. The van der Waals surface area contributed by atoms with E-state index in [1.165, 1.54) is 0 Å². The summed E-state index contributed by atoms with van der Waals surface area (Å²) in [6.07, 6.45) is 0.672. The smallest absolute Gasteiger partial charge is 0.319 e. The number of aliphatic hydroxyl groups is 1. The highest BCUT2D eigenvalue weighted by Gasteiger charge is 2.08. The standard InChI is InChI=1S/C13H19ClN2O2/c1-9(6-7-17)8-15-13(18)16-11-5-3-4-10(2)12(11)14/h3-5,9,17H,6-8H2,1-2H3,(H2,15,16,18). The molecule has 0 aliphatic heterocycles. The largest absolute Gasteiger partial charge is 0.396 e. The summed E-state index contributed by atoms with van der Waals surface area (Å²) in [5.41, 5.74) is 1.52. The van der Waals surface area contributed by atoms with E-state index in [4.69, 9.17) is 16.7 Å². The average Bonchev–Trinajstić information content (AvgIpc) is 2.33. The Morgan fingerprint density at radius 3 is 2.89 bits per heavy atom. The second-order valence-electron chi connectivity index (χ2n) is 4.39. The van der Waals surface area contributed by atoms with Gasteiger partial charge in [0.25, 0.3) is 0 Å². The first-order valence-electron chi connectivity index (χ1n) is 5.95. The fraction of sp³-hybridized carbons (Fsp3) is 0.462. The van der Waals surface area contributed by atoms with E-state index in [1.54, 1.807) is 6.07 Å². The number of benzene rings is 1. The van der Waals surface area contributed by atoms with Gasteiger partial charge in [-0.15, -0.1) is 0 Å². The Morgan fingerprint density at radius 2 is 2.22 bits per heavy atom. The Bertz CT molecular complexity index is 410. The lowest BCUT2D eigenvalue weighted by Gasteiger charge is -2.13. The van der Waals surface area contributed by atoms with E-state index >= 15 is 0 Å². The quantitative estimate of drug-likeness (QED) is 0.770. The van der Waals surface area contributed by atoms with Crippen LogP contribution in [0.25, 0.3) is 0 Å². The number of aryl methyl sites for hydroxylation is 1. The number of aliphatic hydroxyl groups excluding tert-OH is 1. The Kier molecular flexibility index (Phi) is 5.95. The summed E-state index contributed by atoms with van der Waals surface area (Å²) in [7, 11) is 0. The number of hydrogen-bond donors (Lipinski definition) is 3. The van der Waals surface area contributed by atoms with Gasteiger partial charge < -0.3 is 15.7 Å². The van der Waals surface area contributed by atoms with E-state index in [9.17, 15) is 4.79 Å². The Balaban J connectivity index is 2.47. The highest BCUT2D eigenvalue weighted by atomic mass is 35.5. The molecule has 0 bridgehead atoms. The number of carbonyl (C=O) groups excluding carboxylic acids is 1. The predicted octanol–water partition coefficient (Wildman–Crippen LogP) is 2.79. The van der Waals surface area contributed by atoms with Crippen molar-refractivity contribution in [1.29, 1.82) is 0 Å². The summed E-state index contributed by atoms with van der Waals surface area (Å²) in [4.78, 5) is 11.6. The van der Waals surface area contributed by atoms with Crippen LogP contribution in [0.3, 0.4) is 0 Å². The Morgan fingerprint density at radius 1 is 1.50 bits per heavy atom. The number of hydrogen-bond acceptors (Lipinski definition) is 2. The normalized spacial score (nSPS) is 12.0. The molecular weight excluding hydrogens is 252 g/mol. The van der Waals surface area contributed by atoms with Crippen LogP contribution in [-0.4, -0.2) is 24.3 Å². The molecule has 0 heterocycles. The molecule has 0 saturated carbocycles. The van der Waals surface area contributed by atoms with Crippen molar-refractivity contribution in [3.8, 4) is 0 Å². The molecule has 0 aliphatic carbocycles. The van der Waals surface area contributed by atoms with Crippen LogP contribution in [0.4, 0.5) is 10.5 Å². The molecular formula is C13H19ClN2O2. The third kappa shape index (κ3) is 4.55. The third-order valence-electron chi connectivity index (χ3n) is 2.67. The Hall–Kier alpha value is -1.26. The molecule has 18 heavy (non-hydrogen) atoms. The number of amides is 2. The van der Waals surface area contributed by atoms with Crippen molar-refractivity contribution in [2.75, 3.05) is 18.5 Å². The van der Waals surface area contributed by atoms with E-state index in [1.807, 2.05) is 26.0 Å². The summed E-state index contributed by atoms with van der Waals surface area (Å²) in [5.74, 6) is 0.244. The number of nitrogens with one attached hydrogen (secondary N) is 2. The molecule has 0 spiro atoms. The van der Waals surface area contributed by atoms with E-state index in [2.05, 4.69) is 10.6 Å². The number of carbonyl (C=O) groups is 1. The molecule has 1 rings (SSSR count). The van der Waals surface area contributed by atoms with E-state index in [-0.39, 0.29) is 18.6 Å². The van der Waals surface area contributed by atoms with Crippen molar-refractivity contribution in [3.63, 3.8) is 0 Å². The second kappa shape index (κ2) is 7.24. The topological polar surface area (TPSA) is 61.4 Å². The van der Waals surface area contributed by atoms with Gasteiger partial charge in [0.05, 0.1) is 10.7 Å². The molecule has 2 amide bonds. The van der Waals surface area contributed by atoms with Crippen LogP contribution in [0.1, 0.15) is 18.9 Å². The maximum Gasteiger partial charge on any atom is 0.319 e. The molecule has 100 valence electrons. The minimum atomic E-state index is -0.285. The molecule has 0 saturated heterocycles. The van der Waals surface area contributed by atoms with Crippen molar-refractivity contribution in [3.05, 3.63) is 28.8 Å². The number of halogens is 1. The predicted molar refractivity (Wildman–Crippen MR) is 74.1 cm³/mol. The van der Waals surface area contributed by atoms with Crippen LogP contribution in [-0.2, 0) is 0 Å². The molecule has 3 N–H and O–H groups in total. The summed E-state index contributed by atoms with van der Waals surface area (Å²) < 4.78 is 0. The van der Waals surface area contributed by atoms with Gasteiger partial charge in [-0.2, -0.15) is 0 Å². The van der Waals surface area contributed by atoms with E-state index in [0.717, 1.165) is 5.56 Å². The molecule has 0 aromatic heterocycles. The van der Waals surface area contributed by atoms with Gasteiger partial charge in [-0.3, -0.25) is 0 Å². The lowest BCUT2D eigenvalue weighted by atomic mass is 10.1. The highest BCUT2D eigenvalue weighted by Crippen LogP contribution is 2.24. The van der Waals surface area contributed by atoms with Crippen LogP contribution in [0.2, 0.25) is 5.02 Å². The average molecular weight is 271 g/mol. The van der Waals surface area contributed by atoms with E-state index < -0.39 is 0 Å². The molecule has 0 radical (unpaired) electrons. The third-order valence-corrected chi connectivity index (χ3v) is 3.17. The van der Waals surface area contributed by atoms with Crippen LogP contribution in [0.15, 0.2) is 18.2 Å². The fourth-order valence-electron chi connectivity index (χ4n) is 1.50. The van der Waals surface area contributed by atoms with Crippen molar-refractivity contribution in [2.24, 2.45) is 5.92 Å². The van der Waals surface area contributed by atoms with Crippen molar-refractivity contribution >= 4 is 23.3 Å². The zero-order chi connectivity index (χ0) is 13.5. The second-order valence-corrected chi connectivity index (χ2v) is 4.77. The van der Waals surface area contributed by atoms with Crippen molar-refractivity contribution < 1.29 is 9.90 Å². The minimum absolute atomic E-state index is 0.133. The SMILES string of the molecule is Cc1cccc(NC(=O)NCC(C)CCO)c1Cl. The molecule has 1 aromatic rings. The minimum Gasteiger partial charge on any atom is -0.396 e. The van der Waals surface area contributed by atoms with Gasteiger partial charge in [-0.1, -0.05) is 30.7 Å².